The molecule has 0 amide bonds. The maximum atomic E-state index is 11.7. The molecule has 0 unspecified atom stereocenters. The Kier molecular flexibility index (Phi) is 5.24. The number of rotatable bonds is 4. The van der Waals surface area contributed by atoms with Crippen molar-refractivity contribution in [3.05, 3.63) is 0 Å². The van der Waals surface area contributed by atoms with Gasteiger partial charge in [0.05, 0.1) is 6.61 Å². The fourth-order valence-corrected chi connectivity index (χ4v) is 1.84. The van der Waals surface area contributed by atoms with Gasteiger partial charge < -0.3 is 10.1 Å². The summed E-state index contributed by atoms with van der Waals surface area (Å²) >= 11 is 1.59. The molecule has 3 nitrogen and oxygen atoms in total. The largest absolute Gasteiger partial charge is 0.411 e. The SMILES string of the molecule is FC(F)(F)COCCNC1=NCCCS1. The fraction of sp³-hybridized carbons (Fsp3) is 0.875. The van der Waals surface area contributed by atoms with Crippen molar-refractivity contribution in [3.8, 4) is 0 Å². The summed E-state index contributed by atoms with van der Waals surface area (Å²) in [5, 5.41) is 3.73. The third-order valence-corrected chi connectivity index (χ3v) is 2.62. The highest BCUT2D eigenvalue weighted by Crippen LogP contribution is 2.14. The first kappa shape index (κ1) is 12.6. The molecule has 0 radical (unpaired) electrons. The van der Waals surface area contributed by atoms with Gasteiger partial charge in [-0.15, -0.1) is 0 Å². The number of halogens is 3. The first-order chi connectivity index (χ1) is 7.08. The molecule has 15 heavy (non-hydrogen) atoms. The number of nitrogens with zero attached hydrogens (tertiary/aromatic N) is 1. The molecule has 0 aromatic rings. The minimum absolute atomic E-state index is 0.0408. The molecular weight excluding hydrogens is 229 g/mol. The summed E-state index contributed by atoms with van der Waals surface area (Å²) in [6.07, 6.45) is -3.18. The van der Waals surface area contributed by atoms with E-state index in [1.165, 1.54) is 0 Å². The van der Waals surface area contributed by atoms with E-state index < -0.39 is 12.8 Å². The van der Waals surface area contributed by atoms with Crippen LogP contribution in [0.3, 0.4) is 0 Å². The van der Waals surface area contributed by atoms with E-state index in [9.17, 15) is 13.2 Å². The molecule has 1 N–H and O–H groups in total. The van der Waals surface area contributed by atoms with Crippen LogP contribution in [0.15, 0.2) is 4.99 Å². The molecule has 88 valence electrons. The van der Waals surface area contributed by atoms with E-state index in [-0.39, 0.29) is 6.61 Å². The van der Waals surface area contributed by atoms with Crippen LogP contribution in [0.25, 0.3) is 0 Å². The maximum absolute atomic E-state index is 11.7. The second kappa shape index (κ2) is 6.22. The third-order valence-electron chi connectivity index (χ3n) is 1.58. The molecule has 1 heterocycles. The van der Waals surface area contributed by atoms with Crippen molar-refractivity contribution in [1.29, 1.82) is 0 Å². The summed E-state index contributed by atoms with van der Waals surface area (Å²) < 4.78 is 39.4. The summed E-state index contributed by atoms with van der Waals surface area (Å²) in [4.78, 5) is 4.17. The number of nitrogens with one attached hydrogen (secondary N) is 1. The molecule has 0 fully saturated rings. The van der Waals surface area contributed by atoms with Gasteiger partial charge in [-0.25, -0.2) is 0 Å². The Morgan fingerprint density at radius 3 is 2.87 bits per heavy atom. The van der Waals surface area contributed by atoms with Crippen LogP contribution >= 0.6 is 11.8 Å². The van der Waals surface area contributed by atoms with Gasteiger partial charge in [-0.05, 0) is 6.42 Å². The van der Waals surface area contributed by atoms with E-state index in [2.05, 4.69) is 15.0 Å². The van der Waals surface area contributed by atoms with Crippen LogP contribution in [0.1, 0.15) is 6.42 Å². The number of thioether (sulfide) groups is 1. The highest BCUT2D eigenvalue weighted by Gasteiger charge is 2.27. The van der Waals surface area contributed by atoms with Gasteiger partial charge in [0.25, 0.3) is 0 Å². The zero-order valence-electron chi connectivity index (χ0n) is 8.14. The van der Waals surface area contributed by atoms with Crippen LogP contribution in [0.2, 0.25) is 0 Å². The Morgan fingerprint density at radius 2 is 2.27 bits per heavy atom. The molecule has 1 rings (SSSR count). The Hall–Kier alpha value is -0.430. The fourth-order valence-electron chi connectivity index (χ4n) is 0.985. The monoisotopic (exact) mass is 242 g/mol. The molecular formula is C8H13F3N2OS. The van der Waals surface area contributed by atoms with Gasteiger partial charge in [-0.3, -0.25) is 4.99 Å². The highest BCUT2D eigenvalue weighted by atomic mass is 32.2. The van der Waals surface area contributed by atoms with E-state index in [1.807, 2.05) is 0 Å². The van der Waals surface area contributed by atoms with Crippen molar-refractivity contribution in [1.82, 2.24) is 5.32 Å². The van der Waals surface area contributed by atoms with Crippen LogP contribution < -0.4 is 5.32 Å². The summed E-state index contributed by atoms with van der Waals surface area (Å²) in [5.74, 6) is 1.01. The third kappa shape index (κ3) is 6.62. The van der Waals surface area contributed by atoms with Crippen LogP contribution in [0.4, 0.5) is 13.2 Å². The van der Waals surface area contributed by atoms with Crippen molar-refractivity contribution < 1.29 is 17.9 Å². The van der Waals surface area contributed by atoms with Gasteiger partial charge >= 0.3 is 6.18 Å². The van der Waals surface area contributed by atoms with Crippen molar-refractivity contribution in [2.24, 2.45) is 4.99 Å². The lowest BCUT2D eigenvalue weighted by Gasteiger charge is -2.13. The lowest BCUT2D eigenvalue weighted by atomic mass is 10.5. The summed E-state index contributed by atoms with van der Waals surface area (Å²) in [6, 6.07) is 0. The molecule has 0 bridgehead atoms. The number of aliphatic imine (C=N–C) groups is 1. The Morgan fingerprint density at radius 1 is 1.47 bits per heavy atom. The number of amidine groups is 1. The van der Waals surface area contributed by atoms with Gasteiger partial charge in [0.15, 0.2) is 5.17 Å². The Bertz CT molecular complexity index is 220. The topological polar surface area (TPSA) is 33.6 Å². The molecule has 0 saturated heterocycles. The van der Waals surface area contributed by atoms with E-state index in [0.29, 0.717) is 6.54 Å². The number of alkyl halides is 3. The van der Waals surface area contributed by atoms with Crippen LogP contribution in [-0.2, 0) is 4.74 Å². The van der Waals surface area contributed by atoms with Crippen LogP contribution in [0, 0.1) is 0 Å². The van der Waals surface area contributed by atoms with Gasteiger partial charge in [0.2, 0.25) is 0 Å². The lowest BCUT2D eigenvalue weighted by molar-refractivity contribution is -0.173. The predicted molar refractivity (Wildman–Crippen MR) is 54.3 cm³/mol. The van der Waals surface area contributed by atoms with Gasteiger partial charge in [0, 0.05) is 18.8 Å². The zero-order valence-corrected chi connectivity index (χ0v) is 8.96. The number of hydrogen-bond donors (Lipinski definition) is 1. The number of hydrogen-bond acceptors (Lipinski definition) is 4. The molecule has 0 spiro atoms. The first-order valence-corrected chi connectivity index (χ1v) is 5.62. The smallest absolute Gasteiger partial charge is 0.370 e. The quantitative estimate of drug-likeness (QED) is 0.761. The standard InChI is InChI=1S/C8H13F3N2OS/c9-8(10,11)6-14-4-3-13-7-12-2-1-5-15-7/h1-6H2,(H,12,13). The maximum Gasteiger partial charge on any atom is 0.411 e. The van der Waals surface area contributed by atoms with Gasteiger partial charge in [0.1, 0.15) is 6.61 Å². The minimum atomic E-state index is -4.24. The molecule has 0 saturated carbocycles. The van der Waals surface area contributed by atoms with Gasteiger partial charge in [-0.2, -0.15) is 13.2 Å². The zero-order chi connectivity index (χ0) is 11.1. The Labute approximate surface area is 90.5 Å². The minimum Gasteiger partial charge on any atom is -0.370 e. The summed E-state index contributed by atoms with van der Waals surface area (Å²) in [6.45, 7) is 0.00798. The normalized spacial score (nSPS) is 17.4. The average Bonchev–Trinajstić information content (AvgIpc) is 2.17. The van der Waals surface area contributed by atoms with Crippen molar-refractivity contribution in [3.63, 3.8) is 0 Å². The highest BCUT2D eigenvalue weighted by molar-refractivity contribution is 8.13. The predicted octanol–water partition coefficient (Wildman–Crippen LogP) is 1.65. The molecule has 0 aromatic heterocycles. The van der Waals surface area contributed by atoms with E-state index in [1.54, 1.807) is 11.8 Å². The van der Waals surface area contributed by atoms with Gasteiger partial charge in [-0.1, -0.05) is 11.8 Å². The molecule has 0 aromatic carbocycles. The molecule has 1 aliphatic heterocycles. The van der Waals surface area contributed by atoms with Crippen LogP contribution in [-0.4, -0.2) is 43.4 Å². The number of ether oxygens (including phenoxy) is 1. The molecule has 7 heteroatoms. The summed E-state index contributed by atoms with van der Waals surface area (Å²) in [7, 11) is 0. The van der Waals surface area contributed by atoms with E-state index in [4.69, 9.17) is 0 Å². The second-order valence-corrected chi connectivity index (χ2v) is 4.07. The second-order valence-electron chi connectivity index (χ2n) is 2.98. The van der Waals surface area contributed by atoms with E-state index >= 15 is 0 Å². The summed E-state index contributed by atoms with van der Waals surface area (Å²) in [5.41, 5.74) is 0. The van der Waals surface area contributed by atoms with E-state index in [0.717, 1.165) is 23.9 Å². The van der Waals surface area contributed by atoms with Crippen LogP contribution in [0.5, 0.6) is 0 Å². The van der Waals surface area contributed by atoms with Crippen molar-refractivity contribution in [2.45, 2.75) is 12.6 Å². The first-order valence-electron chi connectivity index (χ1n) is 4.63. The molecule has 0 atom stereocenters. The Balaban J connectivity index is 1.99. The van der Waals surface area contributed by atoms with Crippen molar-refractivity contribution in [2.75, 3.05) is 32.1 Å². The lowest BCUT2D eigenvalue weighted by Crippen LogP contribution is -2.28. The molecule has 1 aliphatic rings. The van der Waals surface area contributed by atoms with Crippen molar-refractivity contribution >= 4 is 16.9 Å². The molecule has 0 aliphatic carbocycles. The average molecular weight is 242 g/mol.